The normalized spacial score (nSPS) is 22.2. The Hall–Kier alpha value is -1.18. The highest BCUT2D eigenvalue weighted by atomic mass is 16.3. The number of allylic oxidation sites excluding steroid dienone is 4. The standard InChI is InChI=1S/C7H8O2/c8-5-6-1-3-7(9)4-2-6/h1,3-5,8-9H,2H2. The first-order valence-corrected chi connectivity index (χ1v) is 2.73. The predicted molar refractivity (Wildman–Crippen MR) is 35.2 cm³/mol. The van der Waals surface area contributed by atoms with E-state index < -0.39 is 0 Å². The zero-order valence-corrected chi connectivity index (χ0v) is 4.91. The fraction of sp³-hybridized carbons (Fsp3) is 0.143. The monoisotopic (exact) mass is 124 g/mol. The van der Waals surface area contributed by atoms with Crippen LogP contribution in [0.15, 0.2) is 35.8 Å². The lowest BCUT2D eigenvalue weighted by Crippen LogP contribution is -1.85. The Labute approximate surface area is 53.4 Å². The summed E-state index contributed by atoms with van der Waals surface area (Å²) in [7, 11) is 0. The summed E-state index contributed by atoms with van der Waals surface area (Å²) in [5.41, 5.74) is 0.813. The third-order valence-electron chi connectivity index (χ3n) is 1.18. The molecule has 0 spiro atoms. The Morgan fingerprint density at radius 2 is 2.22 bits per heavy atom. The first-order chi connectivity index (χ1) is 4.33. The van der Waals surface area contributed by atoms with E-state index in [-0.39, 0.29) is 5.76 Å². The second-order valence-electron chi connectivity index (χ2n) is 1.87. The second-order valence-corrected chi connectivity index (χ2v) is 1.87. The van der Waals surface area contributed by atoms with Gasteiger partial charge in [-0.15, -0.1) is 0 Å². The van der Waals surface area contributed by atoms with Crippen LogP contribution in [0.25, 0.3) is 0 Å². The Balaban J connectivity index is 2.70. The molecule has 0 fully saturated rings. The number of aliphatic hydroxyl groups is 2. The zero-order valence-electron chi connectivity index (χ0n) is 4.91. The summed E-state index contributed by atoms with van der Waals surface area (Å²) in [4.78, 5) is 0. The number of hydrogen-bond acceptors (Lipinski definition) is 2. The van der Waals surface area contributed by atoms with E-state index in [1.165, 1.54) is 0 Å². The van der Waals surface area contributed by atoms with Crippen LogP contribution in [0, 0.1) is 0 Å². The SMILES string of the molecule is OC=C1C=CC(O)=CC1. The van der Waals surface area contributed by atoms with Crippen LogP contribution in [0.3, 0.4) is 0 Å². The van der Waals surface area contributed by atoms with Gasteiger partial charge < -0.3 is 10.2 Å². The molecule has 0 saturated carbocycles. The van der Waals surface area contributed by atoms with Crippen molar-refractivity contribution >= 4 is 0 Å². The summed E-state index contributed by atoms with van der Waals surface area (Å²) in [6, 6.07) is 0. The Morgan fingerprint density at radius 1 is 1.44 bits per heavy atom. The maximum atomic E-state index is 8.79. The smallest absolute Gasteiger partial charge is 0.111 e. The van der Waals surface area contributed by atoms with Crippen LogP contribution >= 0.6 is 0 Å². The van der Waals surface area contributed by atoms with Gasteiger partial charge in [-0.25, -0.2) is 0 Å². The van der Waals surface area contributed by atoms with Gasteiger partial charge in [0, 0.05) is 0 Å². The minimum atomic E-state index is 0.264. The molecule has 0 aromatic heterocycles. The van der Waals surface area contributed by atoms with E-state index in [2.05, 4.69) is 0 Å². The maximum Gasteiger partial charge on any atom is 0.111 e. The van der Waals surface area contributed by atoms with Crippen LogP contribution in [0.2, 0.25) is 0 Å². The van der Waals surface area contributed by atoms with E-state index in [0.717, 1.165) is 11.8 Å². The van der Waals surface area contributed by atoms with Gasteiger partial charge in [0.05, 0.1) is 6.26 Å². The molecular weight excluding hydrogens is 116 g/mol. The summed E-state index contributed by atoms with van der Waals surface area (Å²) in [5, 5.41) is 17.2. The average molecular weight is 124 g/mol. The van der Waals surface area contributed by atoms with E-state index >= 15 is 0 Å². The van der Waals surface area contributed by atoms with Gasteiger partial charge >= 0.3 is 0 Å². The first-order valence-electron chi connectivity index (χ1n) is 2.73. The van der Waals surface area contributed by atoms with Crippen molar-refractivity contribution in [2.45, 2.75) is 6.42 Å². The van der Waals surface area contributed by atoms with Gasteiger partial charge in [0.15, 0.2) is 0 Å². The Morgan fingerprint density at radius 3 is 2.67 bits per heavy atom. The zero-order chi connectivity index (χ0) is 6.69. The molecule has 1 aliphatic rings. The van der Waals surface area contributed by atoms with Crippen LogP contribution in [-0.2, 0) is 0 Å². The third kappa shape index (κ3) is 1.35. The fourth-order valence-electron chi connectivity index (χ4n) is 0.647. The van der Waals surface area contributed by atoms with Crippen molar-refractivity contribution in [3.8, 4) is 0 Å². The maximum absolute atomic E-state index is 8.79. The average Bonchev–Trinajstić information content (AvgIpc) is 1.90. The minimum absolute atomic E-state index is 0.264. The lowest BCUT2D eigenvalue weighted by Gasteiger charge is -2.00. The van der Waals surface area contributed by atoms with Crippen molar-refractivity contribution < 1.29 is 10.2 Å². The number of aliphatic hydroxyl groups excluding tert-OH is 2. The van der Waals surface area contributed by atoms with E-state index in [1.54, 1.807) is 18.2 Å². The summed E-state index contributed by atoms with van der Waals surface area (Å²) in [5.74, 6) is 0.264. The molecule has 2 nitrogen and oxygen atoms in total. The molecule has 0 saturated heterocycles. The molecule has 1 aliphatic carbocycles. The highest BCUT2D eigenvalue weighted by molar-refractivity contribution is 5.30. The van der Waals surface area contributed by atoms with E-state index in [0.29, 0.717) is 6.42 Å². The lowest BCUT2D eigenvalue weighted by molar-refractivity contribution is 0.427. The quantitative estimate of drug-likeness (QED) is 0.483. The van der Waals surface area contributed by atoms with Crippen molar-refractivity contribution in [2.75, 3.05) is 0 Å². The van der Waals surface area contributed by atoms with Crippen molar-refractivity contribution in [1.29, 1.82) is 0 Å². The molecule has 0 atom stereocenters. The van der Waals surface area contributed by atoms with E-state index in [9.17, 15) is 0 Å². The van der Waals surface area contributed by atoms with Gasteiger partial charge in [0.1, 0.15) is 5.76 Å². The molecule has 0 radical (unpaired) electrons. The molecule has 48 valence electrons. The summed E-state index contributed by atoms with van der Waals surface area (Å²) < 4.78 is 0. The van der Waals surface area contributed by atoms with Crippen molar-refractivity contribution in [3.63, 3.8) is 0 Å². The molecule has 0 aromatic carbocycles. The fourth-order valence-corrected chi connectivity index (χ4v) is 0.647. The Bertz CT molecular complexity index is 187. The molecular formula is C7H8O2. The summed E-state index contributed by atoms with van der Waals surface area (Å²) in [6.07, 6.45) is 6.52. The molecule has 2 N–H and O–H groups in total. The first kappa shape index (κ1) is 5.95. The molecule has 2 heteroatoms. The highest BCUT2D eigenvalue weighted by Crippen LogP contribution is 2.11. The Kier molecular flexibility index (Phi) is 1.58. The lowest BCUT2D eigenvalue weighted by atomic mass is 10.1. The van der Waals surface area contributed by atoms with Crippen LogP contribution in [0.1, 0.15) is 6.42 Å². The van der Waals surface area contributed by atoms with Gasteiger partial charge in [-0.05, 0) is 24.1 Å². The van der Waals surface area contributed by atoms with Gasteiger partial charge in [-0.2, -0.15) is 0 Å². The van der Waals surface area contributed by atoms with Gasteiger partial charge in [0.2, 0.25) is 0 Å². The molecule has 0 aliphatic heterocycles. The van der Waals surface area contributed by atoms with Gasteiger partial charge in [-0.3, -0.25) is 0 Å². The van der Waals surface area contributed by atoms with Gasteiger partial charge in [-0.1, -0.05) is 6.08 Å². The molecule has 0 unspecified atom stereocenters. The van der Waals surface area contributed by atoms with Crippen LogP contribution in [-0.4, -0.2) is 10.2 Å². The number of hydrogen-bond donors (Lipinski definition) is 2. The molecule has 9 heavy (non-hydrogen) atoms. The molecule has 0 bridgehead atoms. The summed E-state index contributed by atoms with van der Waals surface area (Å²) in [6.45, 7) is 0. The van der Waals surface area contributed by atoms with Crippen LogP contribution in [0.4, 0.5) is 0 Å². The van der Waals surface area contributed by atoms with Crippen molar-refractivity contribution in [3.05, 3.63) is 35.8 Å². The molecule has 0 amide bonds. The van der Waals surface area contributed by atoms with Crippen LogP contribution < -0.4 is 0 Å². The molecule has 0 aromatic rings. The van der Waals surface area contributed by atoms with E-state index in [1.807, 2.05) is 0 Å². The third-order valence-corrected chi connectivity index (χ3v) is 1.18. The summed E-state index contributed by atoms with van der Waals surface area (Å²) >= 11 is 0. The minimum Gasteiger partial charge on any atom is -0.515 e. The van der Waals surface area contributed by atoms with Crippen molar-refractivity contribution in [2.24, 2.45) is 0 Å². The van der Waals surface area contributed by atoms with E-state index in [4.69, 9.17) is 10.2 Å². The predicted octanol–water partition coefficient (Wildman–Crippen LogP) is 1.83. The highest BCUT2D eigenvalue weighted by Gasteiger charge is 1.96. The second kappa shape index (κ2) is 2.40. The van der Waals surface area contributed by atoms with Gasteiger partial charge in [0.25, 0.3) is 0 Å². The topological polar surface area (TPSA) is 40.5 Å². The largest absolute Gasteiger partial charge is 0.515 e. The van der Waals surface area contributed by atoms with Crippen LogP contribution in [0.5, 0.6) is 0 Å². The molecule has 0 heterocycles. The van der Waals surface area contributed by atoms with Crippen molar-refractivity contribution in [1.82, 2.24) is 0 Å². The number of rotatable bonds is 0. The molecule has 1 rings (SSSR count).